The lowest BCUT2D eigenvalue weighted by atomic mass is 10.1. The van der Waals surface area contributed by atoms with Crippen molar-refractivity contribution >= 4 is 5.91 Å². The zero-order valence-corrected chi connectivity index (χ0v) is 19.1. The molecule has 4 rings (SSSR count). The maximum absolute atomic E-state index is 13.2. The second-order valence-electron chi connectivity index (χ2n) is 8.85. The predicted molar refractivity (Wildman–Crippen MR) is 125 cm³/mol. The second-order valence-corrected chi connectivity index (χ2v) is 8.85. The first-order chi connectivity index (χ1) is 15.4. The highest BCUT2D eigenvalue weighted by molar-refractivity contribution is 5.96. The van der Waals surface area contributed by atoms with Crippen molar-refractivity contribution in [3.8, 4) is 5.75 Å². The lowest BCUT2D eigenvalue weighted by molar-refractivity contribution is 0.0784. The van der Waals surface area contributed by atoms with Gasteiger partial charge >= 0.3 is 0 Å². The number of hydrogen-bond acceptors (Lipinski definition) is 2. The van der Waals surface area contributed by atoms with Crippen LogP contribution in [-0.4, -0.2) is 35.1 Å². The van der Waals surface area contributed by atoms with Crippen LogP contribution in [0.25, 0.3) is 0 Å². The molecule has 3 aromatic rings. The molecule has 1 fully saturated rings. The first-order valence-corrected chi connectivity index (χ1v) is 11.3. The highest BCUT2D eigenvalue weighted by atomic mass is 19.1. The summed E-state index contributed by atoms with van der Waals surface area (Å²) >= 11 is 0. The molecule has 1 aliphatic heterocycles. The van der Waals surface area contributed by atoms with Crippen LogP contribution in [0, 0.1) is 32.5 Å². The summed E-state index contributed by atoms with van der Waals surface area (Å²) in [7, 11) is 0. The molecule has 32 heavy (non-hydrogen) atoms. The van der Waals surface area contributed by atoms with Gasteiger partial charge in [0.05, 0.1) is 12.2 Å². The average Bonchev–Trinajstić information content (AvgIpc) is 3.36. The molecule has 0 N–H and O–H groups in total. The van der Waals surface area contributed by atoms with E-state index in [1.165, 1.54) is 17.7 Å². The van der Waals surface area contributed by atoms with Gasteiger partial charge in [-0.3, -0.25) is 4.79 Å². The van der Waals surface area contributed by atoms with Gasteiger partial charge in [0.2, 0.25) is 0 Å². The van der Waals surface area contributed by atoms with Gasteiger partial charge in [-0.05, 0) is 75.4 Å². The Kier molecular flexibility index (Phi) is 6.63. The average molecular weight is 435 g/mol. The number of ether oxygens (including phenoxy) is 1. The fourth-order valence-electron chi connectivity index (χ4n) is 4.43. The first kappa shape index (κ1) is 22.1. The van der Waals surface area contributed by atoms with E-state index in [0.29, 0.717) is 19.1 Å². The third-order valence-corrected chi connectivity index (χ3v) is 6.45. The number of halogens is 1. The summed E-state index contributed by atoms with van der Waals surface area (Å²) in [6.45, 7) is 8.93. The molecule has 1 amide bonds. The number of benzene rings is 2. The molecule has 1 atom stereocenters. The van der Waals surface area contributed by atoms with Gasteiger partial charge in [0, 0.05) is 31.0 Å². The third kappa shape index (κ3) is 5.04. The molecule has 0 aliphatic carbocycles. The van der Waals surface area contributed by atoms with Crippen molar-refractivity contribution in [2.45, 2.75) is 40.2 Å². The van der Waals surface area contributed by atoms with Gasteiger partial charge in [0.1, 0.15) is 11.6 Å². The number of aryl methyl sites for hydroxylation is 2. The number of carbonyl (C=O) groups is 1. The molecule has 1 aromatic heterocycles. The lowest BCUT2D eigenvalue weighted by Gasteiger charge is -2.17. The SMILES string of the molecule is Cc1ccc(OCCC2CCN(C(=O)c3cc(C)n(Cc4ccc(F)cc4)c3C)C2)cc1. The minimum absolute atomic E-state index is 0.102. The predicted octanol–water partition coefficient (Wildman–Crippen LogP) is 5.53. The van der Waals surface area contributed by atoms with E-state index in [9.17, 15) is 9.18 Å². The van der Waals surface area contributed by atoms with Crippen molar-refractivity contribution in [1.82, 2.24) is 9.47 Å². The molecular formula is C27H31FN2O2. The van der Waals surface area contributed by atoms with Crippen LogP contribution in [0.15, 0.2) is 54.6 Å². The van der Waals surface area contributed by atoms with E-state index in [2.05, 4.69) is 23.6 Å². The lowest BCUT2D eigenvalue weighted by Crippen LogP contribution is -2.29. The fourth-order valence-corrected chi connectivity index (χ4v) is 4.43. The quantitative estimate of drug-likeness (QED) is 0.490. The van der Waals surface area contributed by atoms with E-state index in [1.54, 1.807) is 12.1 Å². The molecule has 2 aromatic carbocycles. The van der Waals surface area contributed by atoms with E-state index >= 15 is 0 Å². The number of carbonyl (C=O) groups excluding carboxylic acids is 1. The number of nitrogens with zero attached hydrogens (tertiary/aromatic N) is 2. The van der Waals surface area contributed by atoms with Crippen LogP contribution in [0.1, 0.15) is 45.7 Å². The van der Waals surface area contributed by atoms with E-state index in [0.717, 1.165) is 54.2 Å². The van der Waals surface area contributed by atoms with Crippen molar-refractivity contribution in [3.63, 3.8) is 0 Å². The summed E-state index contributed by atoms with van der Waals surface area (Å²) in [6, 6.07) is 16.6. The van der Waals surface area contributed by atoms with Crippen LogP contribution in [0.2, 0.25) is 0 Å². The zero-order valence-electron chi connectivity index (χ0n) is 19.1. The molecule has 0 saturated carbocycles. The normalized spacial score (nSPS) is 15.9. The molecule has 0 bridgehead atoms. The number of aromatic nitrogens is 1. The van der Waals surface area contributed by atoms with Gasteiger partial charge in [-0.1, -0.05) is 29.8 Å². The van der Waals surface area contributed by atoms with Gasteiger partial charge in [-0.2, -0.15) is 0 Å². The van der Waals surface area contributed by atoms with Gasteiger partial charge in [0.25, 0.3) is 5.91 Å². The van der Waals surface area contributed by atoms with Crippen LogP contribution in [0.4, 0.5) is 4.39 Å². The maximum atomic E-state index is 13.2. The molecule has 1 saturated heterocycles. The topological polar surface area (TPSA) is 34.5 Å². The van der Waals surface area contributed by atoms with E-state index in [4.69, 9.17) is 4.74 Å². The van der Waals surface area contributed by atoms with Crippen LogP contribution in [0.3, 0.4) is 0 Å². The van der Waals surface area contributed by atoms with Crippen LogP contribution in [0.5, 0.6) is 5.75 Å². The maximum Gasteiger partial charge on any atom is 0.255 e. The Morgan fingerprint density at radius 2 is 1.78 bits per heavy atom. The minimum atomic E-state index is -0.238. The molecule has 2 heterocycles. The van der Waals surface area contributed by atoms with Crippen molar-refractivity contribution in [2.75, 3.05) is 19.7 Å². The molecule has 0 radical (unpaired) electrons. The molecular weight excluding hydrogens is 403 g/mol. The van der Waals surface area contributed by atoms with Crippen LogP contribution in [-0.2, 0) is 6.54 Å². The summed E-state index contributed by atoms with van der Waals surface area (Å²) in [6.07, 6.45) is 1.96. The third-order valence-electron chi connectivity index (χ3n) is 6.45. The second kappa shape index (κ2) is 9.60. The van der Waals surface area contributed by atoms with Crippen LogP contribution >= 0.6 is 0 Å². The largest absolute Gasteiger partial charge is 0.494 e. The first-order valence-electron chi connectivity index (χ1n) is 11.3. The minimum Gasteiger partial charge on any atom is -0.494 e. The molecule has 5 heteroatoms. The number of likely N-dealkylation sites (tertiary alicyclic amines) is 1. The van der Waals surface area contributed by atoms with Gasteiger partial charge in [-0.25, -0.2) is 4.39 Å². The highest BCUT2D eigenvalue weighted by Gasteiger charge is 2.29. The molecule has 1 unspecified atom stereocenters. The Bertz CT molecular complexity index is 1070. The van der Waals surface area contributed by atoms with E-state index < -0.39 is 0 Å². The fraction of sp³-hybridized carbons (Fsp3) is 0.370. The van der Waals surface area contributed by atoms with E-state index in [-0.39, 0.29) is 11.7 Å². The van der Waals surface area contributed by atoms with Gasteiger partial charge < -0.3 is 14.2 Å². The molecule has 0 spiro atoms. The Morgan fingerprint density at radius 1 is 1.06 bits per heavy atom. The van der Waals surface area contributed by atoms with Crippen molar-refractivity contribution in [1.29, 1.82) is 0 Å². The summed E-state index contributed by atoms with van der Waals surface area (Å²) in [5.74, 6) is 1.23. The van der Waals surface area contributed by atoms with Crippen molar-refractivity contribution in [2.24, 2.45) is 5.92 Å². The monoisotopic (exact) mass is 434 g/mol. The summed E-state index contributed by atoms with van der Waals surface area (Å²) in [5.41, 5.74) is 5.00. The highest BCUT2D eigenvalue weighted by Crippen LogP contribution is 2.25. The van der Waals surface area contributed by atoms with E-state index in [1.807, 2.05) is 36.9 Å². The summed E-state index contributed by atoms with van der Waals surface area (Å²) in [4.78, 5) is 15.2. The van der Waals surface area contributed by atoms with Gasteiger partial charge in [-0.15, -0.1) is 0 Å². The van der Waals surface area contributed by atoms with Crippen LogP contribution < -0.4 is 4.74 Å². The van der Waals surface area contributed by atoms with Crippen molar-refractivity contribution < 1.29 is 13.9 Å². The van der Waals surface area contributed by atoms with Crippen molar-refractivity contribution in [3.05, 3.63) is 88.5 Å². The number of hydrogen-bond donors (Lipinski definition) is 0. The summed E-state index contributed by atoms with van der Waals surface area (Å²) in [5, 5.41) is 0. The number of amides is 1. The summed E-state index contributed by atoms with van der Waals surface area (Å²) < 4.78 is 21.2. The Balaban J connectivity index is 1.34. The Hall–Kier alpha value is -3.08. The standard InChI is InChI=1S/C27H31FN2O2/c1-19-4-10-25(11-5-19)32-15-13-23-12-14-29(17-23)27(31)26-16-20(2)30(21(26)3)18-22-6-8-24(28)9-7-22/h4-11,16,23H,12-15,17-18H2,1-3H3. The molecule has 4 nitrogen and oxygen atoms in total. The Morgan fingerprint density at radius 3 is 2.50 bits per heavy atom. The molecule has 1 aliphatic rings. The zero-order chi connectivity index (χ0) is 22.7. The number of rotatable bonds is 7. The Labute approximate surface area is 189 Å². The molecule has 168 valence electrons. The van der Waals surface area contributed by atoms with Gasteiger partial charge in [0.15, 0.2) is 0 Å². The smallest absolute Gasteiger partial charge is 0.255 e.